The molecule has 1 aromatic heterocycles. The van der Waals surface area contributed by atoms with Crippen LogP contribution < -0.4 is 10.2 Å². The number of hydrogen-bond donors (Lipinski definition) is 1. The van der Waals surface area contributed by atoms with E-state index in [9.17, 15) is 4.39 Å². The van der Waals surface area contributed by atoms with Gasteiger partial charge in [-0.2, -0.15) is 0 Å². The van der Waals surface area contributed by atoms with E-state index in [2.05, 4.69) is 10.3 Å². The molecule has 0 spiro atoms. The fraction of sp³-hybridized carbons (Fsp3) is 0.357. The number of thiazole rings is 1. The number of nitrogens with zero attached hydrogens (tertiary/aromatic N) is 2. The van der Waals surface area contributed by atoms with E-state index in [4.69, 9.17) is 0 Å². The summed E-state index contributed by atoms with van der Waals surface area (Å²) in [5.41, 5.74) is 4.65. The van der Waals surface area contributed by atoms with Gasteiger partial charge in [0.15, 0.2) is 0 Å². The Labute approximate surface area is 117 Å². The maximum Gasteiger partial charge on any atom is 0.125 e. The van der Waals surface area contributed by atoms with E-state index < -0.39 is 0 Å². The highest BCUT2D eigenvalue weighted by molar-refractivity contribution is 7.07. The van der Waals surface area contributed by atoms with E-state index in [0.717, 1.165) is 23.5 Å². The second-order valence-corrected chi connectivity index (χ2v) is 5.15. The minimum atomic E-state index is -0.199. The average molecular weight is 279 g/mol. The van der Waals surface area contributed by atoms with E-state index in [1.165, 1.54) is 0 Å². The van der Waals surface area contributed by atoms with Gasteiger partial charge in [-0.05, 0) is 30.3 Å². The van der Waals surface area contributed by atoms with E-state index in [1.807, 2.05) is 35.8 Å². The standard InChI is InChI=1S/C14H18FN3S/c1-3-16-7-11-4-12(15)6-14(5-11)18(2)8-13-9-19-10-17-13/h4-6,9-10,16H,3,7-8H2,1-2H3. The van der Waals surface area contributed by atoms with Crippen molar-refractivity contribution in [1.29, 1.82) is 0 Å². The van der Waals surface area contributed by atoms with Gasteiger partial charge in [0.1, 0.15) is 5.82 Å². The molecule has 1 aromatic carbocycles. The molecule has 0 radical (unpaired) electrons. The van der Waals surface area contributed by atoms with E-state index in [0.29, 0.717) is 13.1 Å². The molecule has 1 heterocycles. The number of hydrogen-bond acceptors (Lipinski definition) is 4. The Morgan fingerprint density at radius 2 is 2.21 bits per heavy atom. The van der Waals surface area contributed by atoms with Crippen LogP contribution in [0.2, 0.25) is 0 Å². The van der Waals surface area contributed by atoms with Crippen LogP contribution in [-0.4, -0.2) is 18.6 Å². The molecule has 0 saturated heterocycles. The molecule has 3 nitrogen and oxygen atoms in total. The SMILES string of the molecule is CCNCc1cc(F)cc(N(C)Cc2cscn2)c1. The van der Waals surface area contributed by atoms with E-state index in [1.54, 1.807) is 23.5 Å². The quantitative estimate of drug-likeness (QED) is 0.881. The molecule has 2 aromatic rings. The minimum Gasteiger partial charge on any atom is -0.369 e. The van der Waals surface area contributed by atoms with Crippen LogP contribution in [0.3, 0.4) is 0 Å². The van der Waals surface area contributed by atoms with Crippen molar-refractivity contribution in [3.8, 4) is 0 Å². The fourth-order valence-electron chi connectivity index (χ4n) is 1.88. The summed E-state index contributed by atoms with van der Waals surface area (Å²) in [5.74, 6) is -0.199. The van der Waals surface area contributed by atoms with Gasteiger partial charge in [-0.15, -0.1) is 11.3 Å². The molecule has 0 aliphatic rings. The summed E-state index contributed by atoms with van der Waals surface area (Å²) in [6.45, 7) is 4.29. The van der Waals surface area contributed by atoms with Gasteiger partial charge >= 0.3 is 0 Å². The molecule has 0 bridgehead atoms. The Bertz CT molecular complexity index is 513. The second-order valence-electron chi connectivity index (χ2n) is 4.43. The first-order valence-electron chi connectivity index (χ1n) is 6.27. The zero-order valence-corrected chi connectivity index (χ0v) is 12.0. The number of rotatable bonds is 6. The van der Waals surface area contributed by atoms with Crippen molar-refractivity contribution in [2.45, 2.75) is 20.0 Å². The summed E-state index contributed by atoms with van der Waals surface area (Å²) >= 11 is 1.57. The lowest BCUT2D eigenvalue weighted by Gasteiger charge is -2.19. The van der Waals surface area contributed by atoms with Crippen molar-refractivity contribution in [2.75, 3.05) is 18.5 Å². The molecule has 1 N–H and O–H groups in total. The van der Waals surface area contributed by atoms with Crippen LogP contribution in [-0.2, 0) is 13.1 Å². The molecule has 19 heavy (non-hydrogen) atoms. The van der Waals surface area contributed by atoms with Gasteiger partial charge in [0.05, 0.1) is 17.7 Å². The van der Waals surface area contributed by atoms with Crippen LogP contribution in [0, 0.1) is 5.82 Å². The molecular formula is C14H18FN3S. The largest absolute Gasteiger partial charge is 0.369 e. The van der Waals surface area contributed by atoms with Gasteiger partial charge in [-0.1, -0.05) is 6.92 Å². The minimum absolute atomic E-state index is 0.199. The number of halogens is 1. The Morgan fingerprint density at radius 3 is 2.89 bits per heavy atom. The number of nitrogens with one attached hydrogen (secondary N) is 1. The Morgan fingerprint density at radius 1 is 1.37 bits per heavy atom. The average Bonchev–Trinajstić information content (AvgIpc) is 2.88. The summed E-state index contributed by atoms with van der Waals surface area (Å²) in [5, 5.41) is 5.22. The smallest absolute Gasteiger partial charge is 0.125 e. The molecular weight excluding hydrogens is 261 g/mol. The normalized spacial score (nSPS) is 10.7. The molecule has 5 heteroatoms. The van der Waals surface area contributed by atoms with Crippen LogP contribution in [0.25, 0.3) is 0 Å². The molecule has 0 unspecified atom stereocenters. The molecule has 0 fully saturated rings. The Balaban J connectivity index is 2.11. The third-order valence-corrected chi connectivity index (χ3v) is 3.48. The van der Waals surface area contributed by atoms with Crippen molar-refractivity contribution < 1.29 is 4.39 Å². The molecule has 0 aliphatic heterocycles. The monoisotopic (exact) mass is 279 g/mol. The van der Waals surface area contributed by atoms with Crippen LogP contribution >= 0.6 is 11.3 Å². The van der Waals surface area contributed by atoms with E-state index in [-0.39, 0.29) is 5.82 Å². The topological polar surface area (TPSA) is 28.2 Å². The second kappa shape index (κ2) is 6.63. The van der Waals surface area contributed by atoms with Gasteiger partial charge < -0.3 is 10.2 Å². The zero-order valence-electron chi connectivity index (χ0n) is 11.2. The highest BCUT2D eigenvalue weighted by Gasteiger charge is 2.07. The molecule has 0 aliphatic carbocycles. The molecule has 0 saturated carbocycles. The molecule has 0 atom stereocenters. The van der Waals surface area contributed by atoms with Gasteiger partial charge in [-0.3, -0.25) is 0 Å². The molecule has 2 rings (SSSR count). The molecule has 102 valence electrons. The van der Waals surface area contributed by atoms with Crippen molar-refractivity contribution in [3.63, 3.8) is 0 Å². The Kier molecular flexibility index (Phi) is 4.87. The number of aromatic nitrogens is 1. The van der Waals surface area contributed by atoms with Crippen LogP contribution in [0.15, 0.2) is 29.1 Å². The van der Waals surface area contributed by atoms with Crippen molar-refractivity contribution in [2.24, 2.45) is 0 Å². The van der Waals surface area contributed by atoms with Gasteiger partial charge in [0, 0.05) is 24.7 Å². The highest BCUT2D eigenvalue weighted by Crippen LogP contribution is 2.19. The highest BCUT2D eigenvalue weighted by atomic mass is 32.1. The van der Waals surface area contributed by atoms with Gasteiger partial charge in [0.25, 0.3) is 0 Å². The summed E-state index contributed by atoms with van der Waals surface area (Å²) in [6, 6.07) is 5.14. The van der Waals surface area contributed by atoms with Crippen molar-refractivity contribution in [3.05, 3.63) is 46.2 Å². The first-order chi connectivity index (χ1) is 9.19. The fourth-order valence-corrected chi connectivity index (χ4v) is 2.42. The summed E-state index contributed by atoms with van der Waals surface area (Å²) in [4.78, 5) is 6.25. The van der Waals surface area contributed by atoms with Crippen LogP contribution in [0.5, 0.6) is 0 Å². The summed E-state index contributed by atoms with van der Waals surface area (Å²) in [7, 11) is 1.95. The predicted octanol–water partition coefficient (Wildman–Crippen LogP) is 3.03. The van der Waals surface area contributed by atoms with Crippen LogP contribution in [0.4, 0.5) is 10.1 Å². The maximum absolute atomic E-state index is 13.6. The summed E-state index contributed by atoms with van der Waals surface area (Å²) < 4.78 is 13.6. The third kappa shape index (κ3) is 4.01. The predicted molar refractivity (Wildman–Crippen MR) is 78.0 cm³/mol. The molecule has 0 amide bonds. The summed E-state index contributed by atoms with van der Waals surface area (Å²) in [6.07, 6.45) is 0. The van der Waals surface area contributed by atoms with E-state index >= 15 is 0 Å². The van der Waals surface area contributed by atoms with Gasteiger partial charge in [0.2, 0.25) is 0 Å². The number of anilines is 1. The number of benzene rings is 1. The van der Waals surface area contributed by atoms with Gasteiger partial charge in [-0.25, -0.2) is 9.37 Å². The first-order valence-corrected chi connectivity index (χ1v) is 7.21. The first kappa shape index (κ1) is 14.0. The lowest BCUT2D eigenvalue weighted by atomic mass is 10.1. The third-order valence-electron chi connectivity index (χ3n) is 2.84. The lowest BCUT2D eigenvalue weighted by molar-refractivity contribution is 0.621. The van der Waals surface area contributed by atoms with Crippen molar-refractivity contribution in [1.82, 2.24) is 10.3 Å². The Hall–Kier alpha value is -1.46. The van der Waals surface area contributed by atoms with Crippen LogP contribution in [0.1, 0.15) is 18.2 Å². The lowest BCUT2D eigenvalue weighted by Crippen LogP contribution is -2.18. The van der Waals surface area contributed by atoms with Crippen molar-refractivity contribution >= 4 is 17.0 Å². The zero-order chi connectivity index (χ0) is 13.7. The maximum atomic E-state index is 13.6.